The summed E-state index contributed by atoms with van der Waals surface area (Å²) >= 11 is 3.33. The second-order valence-corrected chi connectivity index (χ2v) is 8.52. The van der Waals surface area contributed by atoms with Crippen molar-refractivity contribution in [2.75, 3.05) is 18.9 Å². The molecule has 0 fully saturated rings. The van der Waals surface area contributed by atoms with Gasteiger partial charge in [-0.1, -0.05) is 0 Å². The molecule has 3 rings (SSSR count). The number of amides is 1. The van der Waals surface area contributed by atoms with Crippen LogP contribution in [0.1, 0.15) is 39.3 Å². The van der Waals surface area contributed by atoms with Crippen LogP contribution in [-0.4, -0.2) is 19.5 Å². The van der Waals surface area contributed by atoms with Crippen LogP contribution < -0.4 is 10.2 Å². The Morgan fingerprint density at radius 2 is 2.21 bits per heavy atom. The van der Waals surface area contributed by atoms with E-state index in [1.165, 1.54) is 27.3 Å². The Kier molecular flexibility index (Phi) is 5.34. The normalized spacial score (nSPS) is 14.7. The van der Waals surface area contributed by atoms with Crippen molar-refractivity contribution >= 4 is 33.6 Å². The Morgan fingerprint density at radius 3 is 2.92 bits per heavy atom. The van der Waals surface area contributed by atoms with Gasteiger partial charge in [-0.05, 0) is 55.2 Å². The monoisotopic (exact) mass is 360 g/mol. The number of hydrogen-bond donors (Lipinski definition) is 2. The van der Waals surface area contributed by atoms with E-state index < -0.39 is 0 Å². The first-order valence-electron chi connectivity index (χ1n) is 8.27. The van der Waals surface area contributed by atoms with Crippen molar-refractivity contribution in [3.63, 3.8) is 0 Å². The number of fused-ring (bicyclic) bond motifs is 1. The lowest BCUT2D eigenvalue weighted by atomic mass is 9.96. The SMILES string of the molecule is Cc1ccsc1C[NH+](C)CC(=O)Nc1sc2c(c1C#N)CCCC2. The number of rotatable bonds is 5. The van der Waals surface area contributed by atoms with Gasteiger partial charge in [0, 0.05) is 4.88 Å². The topological polar surface area (TPSA) is 57.3 Å². The molecule has 0 bridgehead atoms. The molecule has 1 amide bonds. The lowest BCUT2D eigenvalue weighted by molar-refractivity contribution is -0.884. The minimum atomic E-state index is -0.0168. The number of hydrogen-bond acceptors (Lipinski definition) is 4. The number of carbonyl (C=O) groups is 1. The molecular weight excluding hydrogens is 338 g/mol. The molecular formula is C18H22N3OS2+. The molecule has 24 heavy (non-hydrogen) atoms. The average molecular weight is 361 g/mol. The number of thiophene rings is 2. The van der Waals surface area contributed by atoms with Crippen molar-refractivity contribution in [1.82, 2.24) is 0 Å². The van der Waals surface area contributed by atoms with E-state index >= 15 is 0 Å². The van der Waals surface area contributed by atoms with Gasteiger partial charge >= 0.3 is 0 Å². The highest BCUT2D eigenvalue weighted by atomic mass is 32.1. The van der Waals surface area contributed by atoms with Gasteiger partial charge in [-0.15, -0.1) is 22.7 Å². The number of nitriles is 1. The summed E-state index contributed by atoms with van der Waals surface area (Å²) in [5.74, 6) is -0.0168. The van der Waals surface area contributed by atoms with Crippen LogP contribution in [0.5, 0.6) is 0 Å². The van der Waals surface area contributed by atoms with Crippen LogP contribution in [0.15, 0.2) is 11.4 Å². The number of nitrogens with zero attached hydrogens (tertiary/aromatic N) is 1. The van der Waals surface area contributed by atoms with Crippen LogP contribution in [0.3, 0.4) is 0 Å². The van der Waals surface area contributed by atoms with Crippen molar-refractivity contribution in [2.24, 2.45) is 0 Å². The van der Waals surface area contributed by atoms with Gasteiger partial charge in [-0.25, -0.2) is 0 Å². The Balaban J connectivity index is 1.64. The van der Waals surface area contributed by atoms with E-state index in [0.717, 1.165) is 35.7 Å². The zero-order valence-corrected chi connectivity index (χ0v) is 15.7. The van der Waals surface area contributed by atoms with Crippen molar-refractivity contribution < 1.29 is 9.69 Å². The number of likely N-dealkylation sites (N-methyl/N-ethyl adjacent to an activating group) is 1. The van der Waals surface area contributed by atoms with Crippen LogP contribution in [0.4, 0.5) is 5.00 Å². The Bertz CT molecular complexity index is 785. The second-order valence-electron chi connectivity index (χ2n) is 6.41. The zero-order valence-electron chi connectivity index (χ0n) is 14.1. The Hall–Kier alpha value is -1.68. The number of quaternary nitrogens is 1. The summed E-state index contributed by atoms with van der Waals surface area (Å²) < 4.78 is 0. The summed E-state index contributed by atoms with van der Waals surface area (Å²) in [7, 11) is 2.03. The third-order valence-electron chi connectivity index (χ3n) is 4.43. The van der Waals surface area contributed by atoms with Crippen molar-refractivity contribution in [1.29, 1.82) is 5.26 Å². The summed E-state index contributed by atoms with van der Waals surface area (Å²) in [5.41, 5.74) is 3.14. The van der Waals surface area contributed by atoms with Crippen LogP contribution in [0.2, 0.25) is 0 Å². The smallest absolute Gasteiger partial charge is 0.280 e. The molecule has 126 valence electrons. The molecule has 1 aliphatic carbocycles. The highest BCUT2D eigenvalue weighted by molar-refractivity contribution is 7.16. The highest BCUT2D eigenvalue weighted by Gasteiger charge is 2.22. The van der Waals surface area contributed by atoms with E-state index in [9.17, 15) is 10.1 Å². The molecule has 1 aliphatic rings. The predicted molar refractivity (Wildman–Crippen MR) is 98.8 cm³/mol. The Labute approximate surface area is 150 Å². The number of aryl methyl sites for hydroxylation is 2. The molecule has 1 unspecified atom stereocenters. The van der Waals surface area contributed by atoms with Gasteiger partial charge in [0.25, 0.3) is 5.91 Å². The Morgan fingerprint density at radius 1 is 1.42 bits per heavy atom. The van der Waals surface area contributed by atoms with Gasteiger partial charge < -0.3 is 10.2 Å². The molecule has 4 nitrogen and oxygen atoms in total. The molecule has 2 heterocycles. The van der Waals surface area contributed by atoms with E-state index in [4.69, 9.17) is 0 Å². The van der Waals surface area contributed by atoms with E-state index in [2.05, 4.69) is 29.8 Å². The fourth-order valence-corrected chi connectivity index (χ4v) is 5.41. The van der Waals surface area contributed by atoms with Crippen LogP contribution in [-0.2, 0) is 24.2 Å². The van der Waals surface area contributed by atoms with Crippen molar-refractivity contribution in [2.45, 2.75) is 39.2 Å². The summed E-state index contributed by atoms with van der Waals surface area (Å²) in [6.07, 6.45) is 4.32. The molecule has 2 aromatic heterocycles. The van der Waals surface area contributed by atoms with Gasteiger partial charge in [0.1, 0.15) is 17.6 Å². The number of carbonyl (C=O) groups excluding carboxylic acids is 1. The fraction of sp³-hybridized carbons (Fsp3) is 0.444. The predicted octanol–water partition coefficient (Wildman–Crippen LogP) is 2.52. The average Bonchev–Trinajstić information content (AvgIpc) is 3.10. The maximum absolute atomic E-state index is 12.4. The maximum atomic E-state index is 12.4. The van der Waals surface area contributed by atoms with Crippen molar-refractivity contribution in [3.05, 3.63) is 37.9 Å². The zero-order chi connectivity index (χ0) is 17.1. The standard InChI is InChI=1S/C18H21N3OS2/c1-12-7-8-23-16(12)10-21(2)11-17(22)20-18-14(9-19)13-5-3-4-6-15(13)24-18/h7-8H,3-6,10-11H2,1-2H3,(H,20,22)/p+1. The van der Waals surface area contributed by atoms with Gasteiger partial charge in [-0.3, -0.25) is 4.79 Å². The van der Waals surface area contributed by atoms with Gasteiger partial charge in [0.05, 0.1) is 17.5 Å². The molecule has 0 radical (unpaired) electrons. The molecule has 0 aromatic carbocycles. The first-order chi connectivity index (χ1) is 11.6. The summed E-state index contributed by atoms with van der Waals surface area (Å²) in [6.45, 7) is 3.36. The third kappa shape index (κ3) is 3.69. The highest BCUT2D eigenvalue weighted by Crippen LogP contribution is 2.37. The summed E-state index contributed by atoms with van der Waals surface area (Å²) in [4.78, 5) is 16.1. The molecule has 0 saturated carbocycles. The van der Waals surface area contributed by atoms with Crippen LogP contribution >= 0.6 is 22.7 Å². The van der Waals surface area contributed by atoms with Gasteiger partial charge in [0.2, 0.25) is 0 Å². The minimum Gasteiger partial charge on any atom is -0.325 e. The van der Waals surface area contributed by atoms with E-state index in [1.807, 2.05) is 7.05 Å². The van der Waals surface area contributed by atoms with E-state index in [-0.39, 0.29) is 5.91 Å². The number of nitrogens with one attached hydrogen (secondary N) is 2. The first-order valence-corrected chi connectivity index (χ1v) is 9.97. The summed E-state index contributed by atoms with van der Waals surface area (Å²) in [6, 6.07) is 4.41. The molecule has 0 aliphatic heterocycles. The third-order valence-corrected chi connectivity index (χ3v) is 6.66. The molecule has 1 atom stereocenters. The second kappa shape index (κ2) is 7.47. The van der Waals surface area contributed by atoms with Crippen LogP contribution in [0.25, 0.3) is 0 Å². The van der Waals surface area contributed by atoms with E-state index in [1.54, 1.807) is 22.7 Å². The summed E-state index contributed by atoms with van der Waals surface area (Å²) in [5, 5.41) is 15.3. The molecule has 2 N–H and O–H groups in total. The quantitative estimate of drug-likeness (QED) is 0.861. The lowest BCUT2D eigenvalue weighted by Gasteiger charge is -2.13. The molecule has 0 saturated heterocycles. The van der Waals surface area contributed by atoms with Crippen LogP contribution in [0, 0.1) is 18.3 Å². The van der Waals surface area contributed by atoms with Crippen molar-refractivity contribution in [3.8, 4) is 6.07 Å². The minimum absolute atomic E-state index is 0.0168. The van der Waals surface area contributed by atoms with E-state index in [0.29, 0.717) is 12.1 Å². The molecule has 0 spiro atoms. The van der Waals surface area contributed by atoms with Gasteiger partial charge in [0.15, 0.2) is 6.54 Å². The fourth-order valence-electron chi connectivity index (χ4n) is 3.14. The lowest BCUT2D eigenvalue weighted by Crippen LogP contribution is -3.08. The largest absolute Gasteiger partial charge is 0.325 e. The van der Waals surface area contributed by atoms with Gasteiger partial charge in [-0.2, -0.15) is 5.26 Å². The molecule has 2 aromatic rings. The first kappa shape index (κ1) is 17.2. The molecule has 6 heteroatoms. The maximum Gasteiger partial charge on any atom is 0.280 e. The number of anilines is 1.